The minimum Gasteiger partial charge on any atom is -0.369 e. The number of aromatic amines is 1. The number of hydrogen-bond acceptors (Lipinski definition) is 7. The zero-order chi connectivity index (χ0) is 28.3. The van der Waals surface area contributed by atoms with Crippen LogP contribution in [-0.2, 0) is 0 Å². The Bertz CT molecular complexity index is 1450. The number of allylic oxidation sites excluding steroid dienone is 4. The highest BCUT2D eigenvalue weighted by atomic mass is 19.4. The van der Waals surface area contributed by atoms with E-state index < -0.39 is 28.7 Å². The Balaban J connectivity index is 1.59. The van der Waals surface area contributed by atoms with Crippen LogP contribution in [0.4, 0.5) is 13.2 Å². The molecule has 5 N–H and O–H groups in total. The molecular formula is C29H33F3N8. The molecule has 3 aliphatic heterocycles. The maximum absolute atomic E-state index is 13.7. The molecule has 8 nitrogen and oxygen atoms in total. The lowest BCUT2D eigenvalue weighted by Gasteiger charge is -2.53. The summed E-state index contributed by atoms with van der Waals surface area (Å²) in [5.41, 5.74) is 6.53. The second kappa shape index (κ2) is 9.36. The van der Waals surface area contributed by atoms with Gasteiger partial charge in [-0.2, -0.15) is 13.2 Å². The Morgan fingerprint density at radius 3 is 2.52 bits per heavy atom. The van der Waals surface area contributed by atoms with Gasteiger partial charge in [0.05, 0.1) is 17.2 Å². The van der Waals surface area contributed by atoms with Crippen molar-refractivity contribution in [3.63, 3.8) is 0 Å². The van der Waals surface area contributed by atoms with Gasteiger partial charge in [-0.05, 0) is 23.8 Å². The van der Waals surface area contributed by atoms with Crippen molar-refractivity contribution >= 4 is 11.8 Å². The highest BCUT2D eigenvalue weighted by Crippen LogP contribution is 2.59. The van der Waals surface area contributed by atoms with Gasteiger partial charge in [0.15, 0.2) is 5.96 Å². The van der Waals surface area contributed by atoms with Crippen LogP contribution in [0.1, 0.15) is 49.1 Å². The number of rotatable bonds is 6. The van der Waals surface area contributed by atoms with Crippen molar-refractivity contribution in [2.75, 3.05) is 20.1 Å². The molecule has 0 spiro atoms. The summed E-state index contributed by atoms with van der Waals surface area (Å²) in [5, 5.41) is 6.69. The lowest BCUT2D eigenvalue weighted by Crippen LogP contribution is -2.58. The Hall–Kier alpha value is -3.86. The van der Waals surface area contributed by atoms with Crippen LogP contribution in [0.5, 0.6) is 0 Å². The second-order valence-corrected chi connectivity index (χ2v) is 11.2. The summed E-state index contributed by atoms with van der Waals surface area (Å²) in [6, 6.07) is 8.06. The summed E-state index contributed by atoms with van der Waals surface area (Å²) in [7, 11) is 1.83. The van der Waals surface area contributed by atoms with Gasteiger partial charge < -0.3 is 26.3 Å². The SMILES string of the molecule is CC(C)c1ccccc1C1=NC2(C(c3ncc[nH]3)C3(C4CNC4)C=CC(C(F)(F)F)=CC3)N=C(N)N(C)C2=CN1. The number of hydrogen-bond donors (Lipinski definition) is 4. The Morgan fingerprint density at radius 1 is 1.15 bits per heavy atom. The smallest absolute Gasteiger partial charge is 0.369 e. The van der Waals surface area contributed by atoms with Crippen molar-refractivity contribution in [1.82, 2.24) is 25.5 Å². The molecule has 0 amide bonds. The van der Waals surface area contributed by atoms with Crippen LogP contribution in [0, 0.1) is 11.3 Å². The summed E-state index contributed by atoms with van der Waals surface area (Å²) in [6.07, 6.45) is 5.22. The van der Waals surface area contributed by atoms with Crippen molar-refractivity contribution in [2.24, 2.45) is 27.1 Å². The number of imidazole rings is 1. The third-order valence-electron chi connectivity index (χ3n) is 8.68. The number of guanidine groups is 1. The lowest BCUT2D eigenvalue weighted by molar-refractivity contribution is -0.0893. The van der Waals surface area contributed by atoms with E-state index >= 15 is 0 Å². The van der Waals surface area contributed by atoms with E-state index in [1.54, 1.807) is 23.4 Å². The van der Waals surface area contributed by atoms with Gasteiger partial charge in [-0.25, -0.2) is 15.0 Å². The molecule has 2 aromatic rings. The fourth-order valence-electron chi connectivity index (χ4n) is 6.49. The Kier molecular flexibility index (Phi) is 6.17. The van der Waals surface area contributed by atoms with Crippen LogP contribution in [0.3, 0.4) is 0 Å². The predicted octanol–water partition coefficient (Wildman–Crippen LogP) is 4.12. The van der Waals surface area contributed by atoms with E-state index in [0.29, 0.717) is 30.4 Å². The molecular weight excluding hydrogens is 517 g/mol. The van der Waals surface area contributed by atoms with Crippen LogP contribution < -0.4 is 16.4 Å². The first-order valence-corrected chi connectivity index (χ1v) is 13.5. The van der Waals surface area contributed by atoms with Gasteiger partial charge in [-0.15, -0.1) is 0 Å². The molecule has 0 saturated carbocycles. The summed E-state index contributed by atoms with van der Waals surface area (Å²) in [6.45, 7) is 5.57. The molecule has 3 unspecified atom stereocenters. The Morgan fingerprint density at radius 2 is 1.93 bits per heavy atom. The maximum atomic E-state index is 13.7. The highest BCUT2D eigenvalue weighted by Gasteiger charge is 2.62. The number of aromatic nitrogens is 2. The van der Waals surface area contributed by atoms with E-state index in [2.05, 4.69) is 40.5 Å². The van der Waals surface area contributed by atoms with E-state index in [9.17, 15) is 13.2 Å². The molecule has 1 aromatic heterocycles. The summed E-state index contributed by atoms with van der Waals surface area (Å²) in [5.74, 6) is 1.19. The first kappa shape index (κ1) is 26.4. The first-order valence-electron chi connectivity index (χ1n) is 13.5. The molecule has 1 aliphatic carbocycles. The maximum Gasteiger partial charge on any atom is 0.416 e. The van der Waals surface area contributed by atoms with Crippen molar-refractivity contribution in [1.29, 1.82) is 0 Å². The number of halogens is 3. The number of H-pyrrole nitrogens is 1. The third-order valence-corrected chi connectivity index (χ3v) is 8.68. The molecule has 210 valence electrons. The van der Waals surface area contributed by atoms with E-state index in [1.165, 1.54) is 12.2 Å². The van der Waals surface area contributed by atoms with Crippen LogP contribution >= 0.6 is 0 Å². The van der Waals surface area contributed by atoms with Crippen LogP contribution in [0.2, 0.25) is 0 Å². The molecule has 6 rings (SSSR count). The number of aliphatic imine (C=N–C) groups is 2. The molecule has 3 atom stereocenters. The third kappa shape index (κ3) is 3.97. The van der Waals surface area contributed by atoms with E-state index in [0.717, 1.165) is 11.1 Å². The summed E-state index contributed by atoms with van der Waals surface area (Å²) in [4.78, 5) is 20.1. The van der Waals surface area contributed by atoms with Gasteiger partial charge in [-0.3, -0.25) is 0 Å². The van der Waals surface area contributed by atoms with E-state index in [1.807, 2.05) is 31.4 Å². The van der Waals surface area contributed by atoms with Gasteiger partial charge in [0.2, 0.25) is 5.66 Å². The number of nitrogens with zero attached hydrogens (tertiary/aromatic N) is 4. The molecule has 11 heteroatoms. The zero-order valence-electron chi connectivity index (χ0n) is 22.6. The molecule has 1 fully saturated rings. The lowest BCUT2D eigenvalue weighted by atomic mass is 9.56. The van der Waals surface area contributed by atoms with E-state index in [-0.39, 0.29) is 24.2 Å². The molecule has 40 heavy (non-hydrogen) atoms. The second-order valence-electron chi connectivity index (χ2n) is 11.2. The normalized spacial score (nSPS) is 27.3. The van der Waals surface area contributed by atoms with Gasteiger partial charge in [0.25, 0.3) is 0 Å². The average molecular weight is 551 g/mol. The van der Waals surface area contributed by atoms with Crippen LogP contribution in [-0.4, -0.2) is 58.6 Å². The van der Waals surface area contributed by atoms with Crippen molar-refractivity contribution in [2.45, 2.75) is 43.9 Å². The van der Waals surface area contributed by atoms with Gasteiger partial charge in [0.1, 0.15) is 11.7 Å². The fourth-order valence-corrected chi connectivity index (χ4v) is 6.49. The fraction of sp³-hybridized carbons (Fsp3) is 0.414. The van der Waals surface area contributed by atoms with Gasteiger partial charge in [0, 0.05) is 49.7 Å². The standard InChI is InChI=1S/C29H33F3N8/c1-17(2)20-6-4-5-7-21(20)24-37-16-22-28(38-24,39-26(33)40(22)3)23(25-35-12-13-36-25)27(19-14-34-15-19)10-8-18(9-11-27)29(30,31)32/h4-10,12-13,16-17,19,23,34H,11,14-15H2,1-3H3,(H2,33,39)(H,35,36)(H,37,38). The minimum atomic E-state index is -4.43. The number of nitrogens with two attached hydrogens (primary N) is 1. The molecule has 0 bridgehead atoms. The van der Waals surface area contributed by atoms with Gasteiger partial charge >= 0.3 is 6.18 Å². The predicted molar refractivity (Wildman–Crippen MR) is 148 cm³/mol. The monoisotopic (exact) mass is 550 g/mol. The number of fused-ring (bicyclic) bond motifs is 1. The topological polar surface area (TPSA) is 107 Å². The van der Waals surface area contributed by atoms with Crippen LogP contribution in [0.15, 0.2) is 82.3 Å². The molecule has 1 aromatic carbocycles. The minimum absolute atomic E-state index is 0.0272. The number of likely N-dealkylation sites (N-methyl/N-ethyl adjacent to an activating group) is 1. The van der Waals surface area contributed by atoms with Crippen molar-refractivity contribution < 1.29 is 13.2 Å². The highest BCUT2D eigenvalue weighted by molar-refractivity contribution is 6.02. The molecule has 0 radical (unpaired) electrons. The molecule has 1 saturated heterocycles. The largest absolute Gasteiger partial charge is 0.416 e. The number of amidine groups is 1. The van der Waals surface area contributed by atoms with Crippen LogP contribution in [0.25, 0.3) is 0 Å². The number of nitrogens with one attached hydrogen (secondary N) is 3. The average Bonchev–Trinajstić information content (AvgIpc) is 3.49. The first-order chi connectivity index (χ1) is 19.1. The number of alkyl halides is 3. The van der Waals surface area contributed by atoms with Gasteiger partial charge in [-0.1, -0.05) is 56.3 Å². The van der Waals surface area contributed by atoms with Crippen molar-refractivity contribution in [3.8, 4) is 0 Å². The quantitative estimate of drug-likeness (QED) is 0.433. The molecule has 4 heterocycles. The number of benzene rings is 1. The van der Waals surface area contributed by atoms with Crippen molar-refractivity contribution in [3.05, 3.63) is 89.3 Å². The molecule has 4 aliphatic rings. The summed E-state index contributed by atoms with van der Waals surface area (Å²) >= 11 is 0. The zero-order valence-corrected chi connectivity index (χ0v) is 22.6. The summed E-state index contributed by atoms with van der Waals surface area (Å²) < 4.78 is 41.2. The van der Waals surface area contributed by atoms with E-state index in [4.69, 9.17) is 15.7 Å². The Labute approximate surface area is 231 Å².